The molecule has 1 aliphatic rings. The Morgan fingerprint density at radius 2 is 2.16 bits per heavy atom. The average molecular weight is 369 g/mol. The van der Waals surface area contributed by atoms with Crippen LogP contribution in [0.1, 0.15) is 36.7 Å². The molecule has 25 heavy (non-hydrogen) atoms. The van der Waals surface area contributed by atoms with E-state index in [4.69, 9.17) is 16.3 Å². The molecule has 10 nitrogen and oxygen atoms in total. The van der Waals surface area contributed by atoms with Gasteiger partial charge < -0.3 is 10.1 Å². The number of nitrogens with one attached hydrogen (secondary N) is 1. The van der Waals surface area contributed by atoms with Crippen molar-refractivity contribution >= 4 is 29.1 Å². The number of carbonyl (C=O) groups excluding carboxylic acids is 2. The van der Waals surface area contributed by atoms with Crippen molar-refractivity contribution in [3.8, 4) is 0 Å². The van der Waals surface area contributed by atoms with Crippen molar-refractivity contribution < 1.29 is 14.3 Å². The molecule has 3 rings (SSSR count). The summed E-state index contributed by atoms with van der Waals surface area (Å²) in [7, 11) is 1.45. The van der Waals surface area contributed by atoms with Crippen molar-refractivity contribution in [1.29, 1.82) is 0 Å². The summed E-state index contributed by atoms with van der Waals surface area (Å²) in [4.78, 5) is 39.8. The first-order valence-electron chi connectivity index (χ1n) is 7.77. The number of hydrogen-bond acceptors (Lipinski definition) is 7. The van der Waals surface area contributed by atoms with Gasteiger partial charge >= 0.3 is 11.7 Å². The number of esters is 1. The largest absolute Gasteiger partial charge is 0.459 e. The summed E-state index contributed by atoms with van der Waals surface area (Å²) in [5, 5.41) is 9.90. The van der Waals surface area contributed by atoms with Crippen LogP contribution in [0.15, 0.2) is 11.1 Å². The molecule has 0 radical (unpaired) electrons. The number of amides is 1. The molecule has 3 unspecified atom stereocenters. The van der Waals surface area contributed by atoms with Gasteiger partial charge in [-0.15, -0.1) is 16.7 Å². The summed E-state index contributed by atoms with van der Waals surface area (Å²) in [5.74, 6) is -0.989. The lowest BCUT2D eigenvalue weighted by atomic mass is 9.91. The molecule has 2 aromatic heterocycles. The van der Waals surface area contributed by atoms with Crippen molar-refractivity contribution in [3.05, 3.63) is 22.5 Å². The van der Waals surface area contributed by atoms with Crippen LogP contribution in [0.4, 0.5) is 0 Å². The number of rotatable bonds is 3. The van der Waals surface area contributed by atoms with Gasteiger partial charge in [-0.1, -0.05) is 5.21 Å². The van der Waals surface area contributed by atoms with Crippen molar-refractivity contribution in [2.75, 3.05) is 0 Å². The number of alkyl halides is 1. The number of hydrogen-bond donors (Lipinski definition) is 1. The second kappa shape index (κ2) is 6.79. The second-order valence-electron chi connectivity index (χ2n) is 5.88. The van der Waals surface area contributed by atoms with Crippen LogP contribution in [0.5, 0.6) is 0 Å². The molecule has 1 fully saturated rings. The Morgan fingerprint density at radius 1 is 1.40 bits per heavy atom. The minimum atomic E-state index is -0.621. The van der Waals surface area contributed by atoms with E-state index in [-0.39, 0.29) is 16.7 Å². The maximum atomic E-state index is 12.6. The first kappa shape index (κ1) is 17.3. The molecule has 0 aromatic carbocycles. The Balaban J connectivity index is 1.85. The van der Waals surface area contributed by atoms with E-state index in [0.29, 0.717) is 12.8 Å². The summed E-state index contributed by atoms with van der Waals surface area (Å²) < 4.78 is 7.43. The summed E-state index contributed by atoms with van der Waals surface area (Å²) in [6.07, 6.45) is 2.70. The third-order valence-electron chi connectivity index (χ3n) is 4.08. The van der Waals surface area contributed by atoms with Crippen LogP contribution in [0.2, 0.25) is 0 Å². The summed E-state index contributed by atoms with van der Waals surface area (Å²) in [5.41, 5.74) is -0.431. The standard InChI is InChI=1S/C14H17ClN6O4/c1-7(22)25-11-8(15)4-3-5-9(11)17-13(23)10-12-18-19-20(2)14(24)21(12)6-16-10/h6,8-9,11H,3-5H2,1-2H3,(H,17,23). The molecule has 2 aromatic rings. The highest BCUT2D eigenvalue weighted by Gasteiger charge is 2.36. The molecule has 0 aliphatic heterocycles. The van der Waals surface area contributed by atoms with Crippen molar-refractivity contribution in [2.24, 2.45) is 7.05 Å². The first-order valence-corrected chi connectivity index (χ1v) is 8.21. The predicted octanol–water partition coefficient (Wildman–Crippen LogP) is -0.356. The van der Waals surface area contributed by atoms with E-state index in [0.717, 1.165) is 15.5 Å². The number of aryl methyl sites for hydroxylation is 1. The van der Waals surface area contributed by atoms with E-state index < -0.39 is 29.7 Å². The number of imidazole rings is 1. The highest BCUT2D eigenvalue weighted by atomic mass is 35.5. The minimum absolute atomic E-state index is 0.0246. The second-order valence-corrected chi connectivity index (χ2v) is 6.44. The monoisotopic (exact) mass is 368 g/mol. The fourth-order valence-corrected chi connectivity index (χ4v) is 3.27. The van der Waals surface area contributed by atoms with Gasteiger partial charge in [-0.05, 0) is 19.3 Å². The molecule has 1 amide bonds. The van der Waals surface area contributed by atoms with Gasteiger partial charge in [0.05, 0.1) is 11.4 Å². The normalized spacial score (nSPS) is 23.4. The lowest BCUT2D eigenvalue weighted by Gasteiger charge is -2.34. The fourth-order valence-electron chi connectivity index (χ4n) is 2.89. The molecule has 1 aliphatic carbocycles. The molecule has 134 valence electrons. The van der Waals surface area contributed by atoms with Gasteiger partial charge in [0, 0.05) is 14.0 Å². The van der Waals surface area contributed by atoms with Crippen molar-refractivity contribution in [1.82, 2.24) is 29.7 Å². The molecule has 2 heterocycles. The lowest BCUT2D eigenvalue weighted by Crippen LogP contribution is -2.51. The Hall–Kier alpha value is -2.49. The average Bonchev–Trinajstić information content (AvgIpc) is 2.99. The maximum Gasteiger partial charge on any atom is 0.352 e. The number of ether oxygens (including phenoxy) is 1. The van der Waals surface area contributed by atoms with Crippen LogP contribution >= 0.6 is 11.6 Å². The minimum Gasteiger partial charge on any atom is -0.459 e. The summed E-state index contributed by atoms with van der Waals surface area (Å²) in [6, 6.07) is -0.441. The topological polar surface area (TPSA) is 120 Å². The molecule has 11 heteroatoms. The Bertz CT molecular complexity index is 878. The smallest absolute Gasteiger partial charge is 0.352 e. The van der Waals surface area contributed by atoms with Crippen molar-refractivity contribution in [2.45, 2.75) is 43.7 Å². The molecule has 0 bridgehead atoms. The SMILES string of the molecule is CC(=O)OC1C(Cl)CCCC1NC(=O)c1ncn2c(=O)n(C)nnc12. The number of nitrogens with zero attached hydrogens (tertiary/aromatic N) is 5. The maximum absolute atomic E-state index is 12.6. The van der Waals surface area contributed by atoms with Crippen LogP contribution in [-0.2, 0) is 16.6 Å². The van der Waals surface area contributed by atoms with E-state index in [1.165, 1.54) is 20.3 Å². The van der Waals surface area contributed by atoms with E-state index >= 15 is 0 Å². The number of aromatic nitrogens is 5. The Morgan fingerprint density at radius 3 is 2.88 bits per heavy atom. The highest BCUT2D eigenvalue weighted by molar-refractivity contribution is 6.21. The summed E-state index contributed by atoms with van der Waals surface area (Å²) >= 11 is 6.25. The van der Waals surface area contributed by atoms with Crippen LogP contribution in [0.25, 0.3) is 5.65 Å². The highest BCUT2D eigenvalue weighted by Crippen LogP contribution is 2.26. The number of carbonyl (C=O) groups is 2. The molecule has 1 saturated carbocycles. The van der Waals surface area contributed by atoms with Gasteiger partial charge in [-0.2, -0.15) is 4.68 Å². The quantitative estimate of drug-likeness (QED) is 0.580. The first-order chi connectivity index (χ1) is 11.9. The van der Waals surface area contributed by atoms with Gasteiger partial charge in [0.1, 0.15) is 12.4 Å². The van der Waals surface area contributed by atoms with Gasteiger partial charge in [-0.25, -0.2) is 14.2 Å². The zero-order chi connectivity index (χ0) is 18.1. The molecular formula is C14H17ClN6O4. The van der Waals surface area contributed by atoms with E-state index in [9.17, 15) is 14.4 Å². The molecule has 0 saturated heterocycles. The van der Waals surface area contributed by atoms with Crippen LogP contribution in [-0.4, -0.2) is 53.8 Å². The summed E-state index contributed by atoms with van der Waals surface area (Å²) in [6.45, 7) is 1.30. The third kappa shape index (κ3) is 3.34. The van der Waals surface area contributed by atoms with Crippen LogP contribution < -0.4 is 11.0 Å². The third-order valence-corrected chi connectivity index (χ3v) is 4.55. The van der Waals surface area contributed by atoms with E-state index in [2.05, 4.69) is 20.6 Å². The lowest BCUT2D eigenvalue weighted by molar-refractivity contribution is -0.148. The van der Waals surface area contributed by atoms with Crippen molar-refractivity contribution in [3.63, 3.8) is 0 Å². The zero-order valence-corrected chi connectivity index (χ0v) is 14.4. The van der Waals surface area contributed by atoms with Gasteiger partial charge in [0.25, 0.3) is 5.91 Å². The number of halogens is 1. The fraction of sp³-hybridized carbons (Fsp3) is 0.571. The Kier molecular flexibility index (Phi) is 4.71. The number of fused-ring (bicyclic) bond motifs is 1. The van der Waals surface area contributed by atoms with Crippen LogP contribution in [0, 0.1) is 0 Å². The Labute approximate surface area is 147 Å². The van der Waals surface area contributed by atoms with Crippen LogP contribution in [0.3, 0.4) is 0 Å². The van der Waals surface area contributed by atoms with Gasteiger partial charge in [0.2, 0.25) is 0 Å². The molecule has 3 atom stereocenters. The molecular weight excluding hydrogens is 352 g/mol. The molecule has 1 N–H and O–H groups in total. The van der Waals surface area contributed by atoms with Gasteiger partial charge in [0.15, 0.2) is 11.3 Å². The van der Waals surface area contributed by atoms with E-state index in [1.54, 1.807) is 0 Å². The van der Waals surface area contributed by atoms with Gasteiger partial charge in [-0.3, -0.25) is 9.59 Å². The predicted molar refractivity (Wildman–Crippen MR) is 86.3 cm³/mol. The molecule has 0 spiro atoms. The van der Waals surface area contributed by atoms with E-state index in [1.807, 2.05) is 0 Å². The zero-order valence-electron chi connectivity index (χ0n) is 13.7.